The molecule has 2 rings (SSSR count). The number of hydrogen-bond acceptors (Lipinski definition) is 4. The number of rotatable bonds is 6. The van der Waals surface area contributed by atoms with Gasteiger partial charge in [0.2, 0.25) is 0 Å². The second-order valence-corrected chi connectivity index (χ2v) is 8.40. The minimum absolute atomic E-state index is 0.217. The van der Waals surface area contributed by atoms with E-state index in [0.717, 1.165) is 24.3 Å². The van der Waals surface area contributed by atoms with Crippen LogP contribution in [0.4, 0.5) is 0 Å². The number of hydrogen-bond donors (Lipinski definition) is 1. The summed E-state index contributed by atoms with van der Waals surface area (Å²) in [6.07, 6.45) is 1.98. The minimum atomic E-state index is -3.27. The van der Waals surface area contributed by atoms with Gasteiger partial charge in [-0.2, -0.15) is 4.31 Å². The summed E-state index contributed by atoms with van der Waals surface area (Å²) in [6.45, 7) is 4.88. The van der Waals surface area contributed by atoms with E-state index < -0.39 is 10.0 Å². The first-order valence-corrected chi connectivity index (χ1v) is 8.47. The molecule has 0 bridgehead atoms. The number of sulfonamides is 1. The van der Waals surface area contributed by atoms with Gasteiger partial charge >= 0.3 is 0 Å². The van der Waals surface area contributed by atoms with Crippen LogP contribution in [0, 0.1) is 0 Å². The summed E-state index contributed by atoms with van der Waals surface area (Å²) in [7, 11) is -1.59. The third kappa shape index (κ3) is 3.12. The maximum absolute atomic E-state index is 12.3. The maximum atomic E-state index is 12.3. The van der Waals surface area contributed by atoms with Gasteiger partial charge in [0, 0.05) is 30.6 Å². The lowest BCUT2D eigenvalue weighted by atomic mass is 10.4. The third-order valence-corrected chi connectivity index (χ3v) is 6.48. The van der Waals surface area contributed by atoms with Gasteiger partial charge in [-0.1, -0.05) is 13.8 Å². The van der Waals surface area contributed by atoms with Crippen molar-refractivity contribution in [2.45, 2.75) is 49.5 Å². The van der Waals surface area contributed by atoms with Crippen molar-refractivity contribution >= 4 is 21.4 Å². The van der Waals surface area contributed by atoms with Crippen LogP contribution in [0.1, 0.15) is 31.6 Å². The zero-order valence-electron chi connectivity index (χ0n) is 11.0. The summed E-state index contributed by atoms with van der Waals surface area (Å²) in [4.78, 5) is 1.06. The molecule has 18 heavy (non-hydrogen) atoms. The quantitative estimate of drug-likeness (QED) is 0.871. The zero-order valence-corrected chi connectivity index (χ0v) is 12.6. The van der Waals surface area contributed by atoms with Gasteiger partial charge in [0.05, 0.1) is 0 Å². The number of thiophene rings is 1. The fourth-order valence-electron chi connectivity index (χ4n) is 1.67. The van der Waals surface area contributed by atoms with Crippen LogP contribution in [0.15, 0.2) is 16.3 Å². The molecular weight excluding hydrogens is 268 g/mol. The van der Waals surface area contributed by atoms with Gasteiger partial charge in [0.25, 0.3) is 10.0 Å². The van der Waals surface area contributed by atoms with Crippen molar-refractivity contribution < 1.29 is 8.42 Å². The molecule has 1 aliphatic carbocycles. The highest BCUT2D eigenvalue weighted by Gasteiger charge is 2.35. The van der Waals surface area contributed by atoms with E-state index in [1.165, 1.54) is 15.6 Å². The summed E-state index contributed by atoms with van der Waals surface area (Å²) < 4.78 is 26.5. The molecule has 1 aromatic heterocycles. The van der Waals surface area contributed by atoms with Crippen molar-refractivity contribution in [2.75, 3.05) is 7.05 Å². The second-order valence-electron chi connectivity index (χ2n) is 5.01. The molecule has 0 amide bonds. The molecule has 0 radical (unpaired) electrons. The lowest BCUT2D eigenvalue weighted by Gasteiger charge is -2.14. The normalized spacial score (nSPS) is 16.7. The van der Waals surface area contributed by atoms with Crippen LogP contribution in [0.5, 0.6) is 0 Å². The van der Waals surface area contributed by atoms with Crippen LogP contribution in [-0.2, 0) is 16.6 Å². The van der Waals surface area contributed by atoms with Gasteiger partial charge in [0.1, 0.15) is 4.21 Å². The minimum Gasteiger partial charge on any atom is -0.310 e. The molecule has 0 atom stereocenters. The Bertz CT molecular complexity index is 504. The standard InChI is InChI=1S/C12H20N2O2S2/c1-9(2)13-8-11-6-7-12(17-11)18(15,16)14(3)10-4-5-10/h6-7,9-10,13H,4-5,8H2,1-3H3. The molecular formula is C12H20N2O2S2. The Kier molecular flexibility index (Phi) is 4.11. The van der Waals surface area contributed by atoms with E-state index in [-0.39, 0.29) is 6.04 Å². The highest BCUT2D eigenvalue weighted by molar-refractivity contribution is 7.91. The van der Waals surface area contributed by atoms with Crippen molar-refractivity contribution in [1.82, 2.24) is 9.62 Å². The van der Waals surface area contributed by atoms with Crippen molar-refractivity contribution in [3.05, 3.63) is 17.0 Å². The Morgan fingerprint density at radius 1 is 1.44 bits per heavy atom. The lowest BCUT2D eigenvalue weighted by Crippen LogP contribution is -2.28. The fraction of sp³-hybridized carbons (Fsp3) is 0.667. The van der Waals surface area contributed by atoms with E-state index in [9.17, 15) is 8.42 Å². The summed E-state index contributed by atoms with van der Waals surface area (Å²) in [5.41, 5.74) is 0. The largest absolute Gasteiger partial charge is 0.310 e. The Hall–Kier alpha value is -0.430. The third-order valence-electron chi connectivity index (χ3n) is 3.02. The maximum Gasteiger partial charge on any atom is 0.252 e. The summed E-state index contributed by atoms with van der Waals surface area (Å²) in [5.74, 6) is 0. The van der Waals surface area contributed by atoms with Gasteiger partial charge in [-0.3, -0.25) is 0 Å². The molecule has 0 unspecified atom stereocenters. The fourth-order valence-corrected chi connectivity index (χ4v) is 4.58. The molecule has 0 aromatic carbocycles. The van der Waals surface area contributed by atoms with Gasteiger partial charge in [-0.25, -0.2) is 8.42 Å². The van der Waals surface area contributed by atoms with Crippen LogP contribution < -0.4 is 5.32 Å². The first kappa shape index (κ1) is 14.0. The Balaban J connectivity index is 2.08. The molecule has 0 spiro atoms. The van der Waals surface area contributed by atoms with E-state index >= 15 is 0 Å². The summed E-state index contributed by atoms with van der Waals surface area (Å²) in [5, 5.41) is 3.29. The highest BCUT2D eigenvalue weighted by atomic mass is 32.2. The Morgan fingerprint density at radius 2 is 2.11 bits per heavy atom. The molecule has 1 N–H and O–H groups in total. The van der Waals surface area contributed by atoms with Crippen molar-refractivity contribution in [2.24, 2.45) is 0 Å². The average Bonchev–Trinajstić information content (AvgIpc) is 3.03. The first-order valence-electron chi connectivity index (χ1n) is 6.21. The Labute approximate surface area is 113 Å². The monoisotopic (exact) mass is 288 g/mol. The van der Waals surface area contributed by atoms with Crippen LogP contribution in [0.3, 0.4) is 0 Å². The van der Waals surface area contributed by atoms with Crippen LogP contribution in [-0.4, -0.2) is 31.9 Å². The van der Waals surface area contributed by atoms with Crippen molar-refractivity contribution in [1.29, 1.82) is 0 Å². The molecule has 6 heteroatoms. The predicted molar refractivity (Wildman–Crippen MR) is 74.3 cm³/mol. The molecule has 1 saturated carbocycles. The average molecular weight is 288 g/mol. The summed E-state index contributed by atoms with van der Waals surface area (Å²) in [6, 6.07) is 4.24. The summed E-state index contributed by atoms with van der Waals surface area (Å²) >= 11 is 1.36. The first-order chi connectivity index (χ1) is 8.41. The van der Waals surface area contributed by atoms with Crippen LogP contribution in [0.25, 0.3) is 0 Å². The highest BCUT2D eigenvalue weighted by Crippen LogP contribution is 2.32. The Morgan fingerprint density at radius 3 is 2.67 bits per heavy atom. The van der Waals surface area contributed by atoms with E-state index in [1.54, 1.807) is 13.1 Å². The second kappa shape index (κ2) is 5.28. The molecule has 0 aliphatic heterocycles. The topological polar surface area (TPSA) is 49.4 Å². The molecule has 1 heterocycles. The molecule has 1 fully saturated rings. The number of nitrogens with zero attached hydrogens (tertiary/aromatic N) is 1. The van der Waals surface area contributed by atoms with E-state index in [4.69, 9.17) is 0 Å². The van der Waals surface area contributed by atoms with E-state index in [0.29, 0.717) is 10.3 Å². The molecule has 102 valence electrons. The lowest BCUT2D eigenvalue weighted by molar-refractivity contribution is 0.466. The molecule has 1 aromatic rings. The number of nitrogens with one attached hydrogen (secondary N) is 1. The predicted octanol–water partition coefficient (Wildman–Crippen LogP) is 2.03. The van der Waals surface area contributed by atoms with Crippen LogP contribution in [0.2, 0.25) is 0 Å². The smallest absolute Gasteiger partial charge is 0.252 e. The SMILES string of the molecule is CC(C)NCc1ccc(S(=O)(=O)N(C)C2CC2)s1. The van der Waals surface area contributed by atoms with Gasteiger partial charge in [-0.05, 0) is 25.0 Å². The molecule has 1 aliphatic rings. The van der Waals surface area contributed by atoms with Gasteiger partial charge in [-0.15, -0.1) is 11.3 Å². The van der Waals surface area contributed by atoms with E-state index in [2.05, 4.69) is 19.2 Å². The molecule has 4 nitrogen and oxygen atoms in total. The van der Waals surface area contributed by atoms with Crippen molar-refractivity contribution in [3.63, 3.8) is 0 Å². The van der Waals surface area contributed by atoms with Crippen LogP contribution >= 0.6 is 11.3 Å². The molecule has 0 saturated heterocycles. The zero-order chi connectivity index (χ0) is 13.3. The van der Waals surface area contributed by atoms with Gasteiger partial charge < -0.3 is 5.32 Å². The van der Waals surface area contributed by atoms with E-state index in [1.807, 2.05) is 6.07 Å². The van der Waals surface area contributed by atoms with Gasteiger partial charge in [0.15, 0.2) is 0 Å². The van der Waals surface area contributed by atoms with Crippen molar-refractivity contribution in [3.8, 4) is 0 Å².